The van der Waals surface area contributed by atoms with Crippen LogP contribution in [-0.2, 0) is 18.2 Å². The molecule has 0 spiro atoms. The molecule has 19 heavy (non-hydrogen) atoms. The Balaban J connectivity index is 2.06. The quantitative estimate of drug-likeness (QED) is 0.856. The maximum absolute atomic E-state index is 5.74. The standard InChI is InChI=1S/C15H27N3O/c1-5-7-16-15(14-6-8-19-12(14)3)10-13-9-11(2)17-18(13)4/h9,12,14-16H,5-8,10H2,1-4H3. The molecule has 0 bridgehead atoms. The molecule has 1 aliphatic heterocycles. The van der Waals surface area contributed by atoms with E-state index in [1.165, 1.54) is 18.5 Å². The topological polar surface area (TPSA) is 39.1 Å². The summed E-state index contributed by atoms with van der Waals surface area (Å²) in [4.78, 5) is 0. The minimum absolute atomic E-state index is 0.365. The van der Waals surface area contributed by atoms with Crippen molar-refractivity contribution >= 4 is 0 Å². The van der Waals surface area contributed by atoms with Gasteiger partial charge in [-0.1, -0.05) is 6.92 Å². The lowest BCUT2D eigenvalue weighted by atomic mass is 9.90. The third kappa shape index (κ3) is 3.57. The van der Waals surface area contributed by atoms with Crippen LogP contribution in [0.4, 0.5) is 0 Å². The molecule has 0 aliphatic carbocycles. The van der Waals surface area contributed by atoms with Gasteiger partial charge in [-0.05, 0) is 39.3 Å². The van der Waals surface area contributed by atoms with Crippen molar-refractivity contribution in [2.24, 2.45) is 13.0 Å². The van der Waals surface area contributed by atoms with Crippen LogP contribution in [0.3, 0.4) is 0 Å². The number of hydrogen-bond acceptors (Lipinski definition) is 3. The summed E-state index contributed by atoms with van der Waals surface area (Å²) in [6.07, 6.45) is 3.74. The molecule has 0 aromatic carbocycles. The fraction of sp³-hybridized carbons (Fsp3) is 0.800. The van der Waals surface area contributed by atoms with E-state index in [1.54, 1.807) is 0 Å². The van der Waals surface area contributed by atoms with Gasteiger partial charge >= 0.3 is 0 Å². The summed E-state index contributed by atoms with van der Waals surface area (Å²) in [5.41, 5.74) is 2.41. The van der Waals surface area contributed by atoms with Gasteiger partial charge in [0, 0.05) is 37.7 Å². The molecule has 1 saturated heterocycles. The van der Waals surface area contributed by atoms with Crippen LogP contribution in [0.2, 0.25) is 0 Å². The number of rotatable bonds is 6. The van der Waals surface area contributed by atoms with Crippen molar-refractivity contribution < 1.29 is 4.74 Å². The maximum Gasteiger partial charge on any atom is 0.0596 e. The maximum atomic E-state index is 5.74. The molecule has 4 nitrogen and oxygen atoms in total. The predicted molar refractivity (Wildman–Crippen MR) is 77.3 cm³/mol. The highest BCUT2D eigenvalue weighted by Crippen LogP contribution is 2.26. The number of nitrogens with zero attached hydrogens (tertiary/aromatic N) is 2. The molecule has 2 rings (SSSR count). The zero-order chi connectivity index (χ0) is 13.8. The lowest BCUT2D eigenvalue weighted by Gasteiger charge is -2.27. The summed E-state index contributed by atoms with van der Waals surface area (Å²) in [5.74, 6) is 0.613. The second kappa shape index (κ2) is 6.53. The van der Waals surface area contributed by atoms with E-state index in [1.807, 2.05) is 11.7 Å². The Labute approximate surface area is 116 Å². The molecule has 2 heterocycles. The molecular weight excluding hydrogens is 238 g/mol. The molecule has 3 unspecified atom stereocenters. The van der Waals surface area contributed by atoms with E-state index >= 15 is 0 Å². The van der Waals surface area contributed by atoms with Crippen LogP contribution in [0.15, 0.2) is 6.07 Å². The summed E-state index contributed by atoms with van der Waals surface area (Å²) in [6, 6.07) is 2.69. The van der Waals surface area contributed by atoms with E-state index in [0.717, 1.165) is 25.3 Å². The molecule has 1 N–H and O–H groups in total. The van der Waals surface area contributed by atoms with Crippen molar-refractivity contribution in [3.63, 3.8) is 0 Å². The Morgan fingerprint density at radius 1 is 1.58 bits per heavy atom. The second-order valence-corrected chi connectivity index (χ2v) is 5.69. The highest BCUT2D eigenvalue weighted by atomic mass is 16.5. The van der Waals surface area contributed by atoms with Crippen molar-refractivity contribution in [3.05, 3.63) is 17.5 Å². The van der Waals surface area contributed by atoms with E-state index < -0.39 is 0 Å². The van der Waals surface area contributed by atoms with Crippen LogP contribution >= 0.6 is 0 Å². The summed E-state index contributed by atoms with van der Waals surface area (Å²) in [5, 5.41) is 8.15. The Kier molecular flexibility index (Phi) is 4.99. The number of nitrogens with one attached hydrogen (secondary N) is 1. The van der Waals surface area contributed by atoms with Crippen molar-refractivity contribution in [3.8, 4) is 0 Å². The van der Waals surface area contributed by atoms with Crippen LogP contribution in [0.5, 0.6) is 0 Å². The minimum atomic E-state index is 0.365. The third-order valence-electron chi connectivity index (χ3n) is 4.14. The molecule has 108 valence electrons. The molecule has 0 radical (unpaired) electrons. The van der Waals surface area contributed by atoms with Gasteiger partial charge in [0.1, 0.15) is 0 Å². The molecule has 1 aromatic rings. The van der Waals surface area contributed by atoms with Gasteiger partial charge in [-0.2, -0.15) is 5.10 Å². The van der Waals surface area contributed by atoms with Crippen LogP contribution in [0.25, 0.3) is 0 Å². The largest absolute Gasteiger partial charge is 0.378 e. The van der Waals surface area contributed by atoms with Crippen molar-refractivity contribution in [2.45, 2.75) is 52.2 Å². The molecule has 3 atom stereocenters. The van der Waals surface area contributed by atoms with Crippen LogP contribution in [0, 0.1) is 12.8 Å². The lowest BCUT2D eigenvalue weighted by Crippen LogP contribution is -2.41. The Morgan fingerprint density at radius 2 is 2.37 bits per heavy atom. The smallest absolute Gasteiger partial charge is 0.0596 e. The molecule has 0 amide bonds. The fourth-order valence-electron chi connectivity index (χ4n) is 3.06. The van der Waals surface area contributed by atoms with Crippen LogP contribution in [-0.4, -0.2) is 35.1 Å². The number of aryl methyl sites for hydroxylation is 2. The van der Waals surface area contributed by atoms with Gasteiger partial charge in [0.2, 0.25) is 0 Å². The zero-order valence-electron chi connectivity index (χ0n) is 12.6. The number of hydrogen-bond donors (Lipinski definition) is 1. The summed E-state index contributed by atoms with van der Waals surface area (Å²) in [6.45, 7) is 8.45. The van der Waals surface area contributed by atoms with Crippen LogP contribution < -0.4 is 5.32 Å². The zero-order valence-corrected chi connectivity index (χ0v) is 12.6. The molecule has 1 aliphatic rings. The van der Waals surface area contributed by atoms with Crippen molar-refractivity contribution in [2.75, 3.05) is 13.2 Å². The molecule has 1 aromatic heterocycles. The molecule has 1 fully saturated rings. The second-order valence-electron chi connectivity index (χ2n) is 5.69. The summed E-state index contributed by atoms with van der Waals surface area (Å²) >= 11 is 0. The van der Waals surface area contributed by atoms with Gasteiger partial charge in [0.25, 0.3) is 0 Å². The third-order valence-corrected chi connectivity index (χ3v) is 4.14. The monoisotopic (exact) mass is 265 g/mol. The van der Waals surface area contributed by atoms with Gasteiger partial charge in [-0.3, -0.25) is 4.68 Å². The highest BCUT2D eigenvalue weighted by Gasteiger charge is 2.32. The van der Waals surface area contributed by atoms with Gasteiger partial charge in [0.05, 0.1) is 11.8 Å². The van der Waals surface area contributed by atoms with E-state index in [0.29, 0.717) is 18.1 Å². The van der Waals surface area contributed by atoms with E-state index in [4.69, 9.17) is 4.74 Å². The van der Waals surface area contributed by atoms with E-state index in [-0.39, 0.29) is 0 Å². The fourth-order valence-corrected chi connectivity index (χ4v) is 3.06. The Hall–Kier alpha value is -0.870. The summed E-state index contributed by atoms with van der Waals surface area (Å²) in [7, 11) is 2.04. The first-order valence-electron chi connectivity index (χ1n) is 7.46. The average molecular weight is 265 g/mol. The molecule has 0 saturated carbocycles. The Bertz CT molecular complexity index is 402. The Morgan fingerprint density at radius 3 is 2.89 bits per heavy atom. The summed E-state index contributed by atoms with van der Waals surface area (Å²) < 4.78 is 7.75. The van der Waals surface area contributed by atoms with E-state index in [9.17, 15) is 0 Å². The number of aromatic nitrogens is 2. The minimum Gasteiger partial charge on any atom is -0.378 e. The van der Waals surface area contributed by atoms with Gasteiger partial charge in [0.15, 0.2) is 0 Å². The average Bonchev–Trinajstić information content (AvgIpc) is 2.91. The first-order chi connectivity index (χ1) is 9.11. The predicted octanol–water partition coefficient (Wildman–Crippen LogP) is 2.06. The van der Waals surface area contributed by atoms with Gasteiger partial charge in [-0.15, -0.1) is 0 Å². The van der Waals surface area contributed by atoms with Crippen molar-refractivity contribution in [1.29, 1.82) is 0 Å². The first kappa shape index (κ1) is 14.5. The first-order valence-corrected chi connectivity index (χ1v) is 7.46. The lowest BCUT2D eigenvalue weighted by molar-refractivity contribution is 0.0951. The molecule has 4 heteroatoms. The normalized spacial score (nSPS) is 24.8. The van der Waals surface area contributed by atoms with E-state index in [2.05, 4.69) is 37.3 Å². The van der Waals surface area contributed by atoms with Gasteiger partial charge in [-0.25, -0.2) is 0 Å². The van der Waals surface area contributed by atoms with Gasteiger partial charge < -0.3 is 10.1 Å². The SMILES string of the molecule is CCCNC(Cc1cc(C)nn1C)C1CCOC1C. The van der Waals surface area contributed by atoms with Crippen molar-refractivity contribution in [1.82, 2.24) is 15.1 Å². The molecular formula is C15H27N3O. The highest BCUT2D eigenvalue weighted by molar-refractivity contribution is 5.11. The van der Waals surface area contributed by atoms with Crippen LogP contribution in [0.1, 0.15) is 38.1 Å². The number of ether oxygens (including phenoxy) is 1.